The Morgan fingerprint density at radius 2 is 1.80 bits per heavy atom. The molecule has 0 fully saturated rings. The highest BCUT2D eigenvalue weighted by Gasteiger charge is 2.55. The highest BCUT2D eigenvalue weighted by Crippen LogP contribution is 2.38. The number of Topliss-reactive ketones (excluding diaryl/α,β-unsaturated/α-hetero) is 1. The van der Waals surface area contributed by atoms with Gasteiger partial charge in [-0.15, -0.1) is 0 Å². The van der Waals surface area contributed by atoms with Crippen LogP contribution in [0.1, 0.15) is 23.7 Å². The van der Waals surface area contributed by atoms with Crippen LogP contribution in [0.5, 0.6) is 0 Å². The first-order valence-corrected chi connectivity index (χ1v) is 7.83. The van der Waals surface area contributed by atoms with Crippen molar-refractivity contribution in [1.82, 2.24) is 10.2 Å². The van der Waals surface area contributed by atoms with Gasteiger partial charge < -0.3 is 15.5 Å². The minimum atomic E-state index is -2.35. The van der Waals surface area contributed by atoms with Crippen molar-refractivity contribution in [3.05, 3.63) is 48.0 Å². The maximum Gasteiger partial charge on any atom is 0.336 e. The molecule has 0 saturated heterocycles. The van der Waals surface area contributed by atoms with Gasteiger partial charge in [-0.25, -0.2) is 4.79 Å². The van der Waals surface area contributed by atoms with Gasteiger partial charge in [-0.3, -0.25) is 14.5 Å². The number of benzene rings is 1. The second-order valence-electron chi connectivity index (χ2n) is 6.47. The van der Waals surface area contributed by atoms with Crippen LogP contribution in [0.15, 0.2) is 42.5 Å². The average Bonchev–Trinajstić information content (AvgIpc) is 2.54. The molecule has 0 saturated carbocycles. The van der Waals surface area contributed by atoms with Crippen LogP contribution >= 0.6 is 0 Å². The van der Waals surface area contributed by atoms with Gasteiger partial charge in [0.05, 0.1) is 5.92 Å². The Bertz CT molecular complexity index is 715. The Balaban J connectivity index is 2.51. The number of amides is 1. The Labute approximate surface area is 145 Å². The number of likely N-dealkylation sites (N-methyl/N-ethyl adjacent to an activating group) is 1. The second kappa shape index (κ2) is 6.78. The van der Waals surface area contributed by atoms with Crippen LogP contribution in [0.3, 0.4) is 0 Å². The minimum absolute atomic E-state index is 0.314. The van der Waals surface area contributed by atoms with Crippen LogP contribution in [-0.4, -0.2) is 58.1 Å². The van der Waals surface area contributed by atoms with E-state index >= 15 is 0 Å². The highest BCUT2D eigenvalue weighted by molar-refractivity contribution is 6.03. The van der Waals surface area contributed by atoms with Gasteiger partial charge in [0.1, 0.15) is 5.66 Å². The summed E-state index contributed by atoms with van der Waals surface area (Å²) in [6.45, 7) is 1.31. The van der Waals surface area contributed by atoms with Gasteiger partial charge in [0, 0.05) is 18.9 Å². The number of rotatable bonds is 5. The number of carboxylic acids is 1. The normalized spacial score (nSPS) is 28.6. The van der Waals surface area contributed by atoms with Crippen LogP contribution < -0.4 is 5.32 Å². The molecular weight excluding hydrogens is 324 g/mol. The van der Waals surface area contributed by atoms with Gasteiger partial charge in [-0.2, -0.15) is 0 Å². The smallest absolute Gasteiger partial charge is 0.336 e. The molecule has 1 aromatic carbocycles. The van der Waals surface area contributed by atoms with Crippen molar-refractivity contribution in [1.29, 1.82) is 0 Å². The van der Waals surface area contributed by atoms with E-state index in [0.29, 0.717) is 5.56 Å². The lowest BCUT2D eigenvalue weighted by Gasteiger charge is -2.46. The van der Waals surface area contributed by atoms with Gasteiger partial charge in [-0.05, 0) is 20.2 Å². The standard InChI is InChI=1S/C18H22N2O5/c1-12(21)19-17(20(2)3)10-9-14(18(25,11-17)16(23)24)15(22)13-7-5-4-6-8-13/h4-10,14,25H,11H2,1-3H3,(H,19,21)(H,23,24). The molecule has 7 nitrogen and oxygen atoms in total. The molecular formula is C18H22N2O5. The molecule has 3 unspecified atom stereocenters. The molecule has 0 heterocycles. The second-order valence-corrected chi connectivity index (χ2v) is 6.47. The van der Waals surface area contributed by atoms with Gasteiger partial charge in [0.15, 0.2) is 11.4 Å². The molecule has 0 spiro atoms. The van der Waals surface area contributed by atoms with Crippen molar-refractivity contribution in [2.24, 2.45) is 5.92 Å². The largest absolute Gasteiger partial charge is 0.479 e. The summed E-state index contributed by atoms with van der Waals surface area (Å²) in [6.07, 6.45) is 2.57. The van der Waals surface area contributed by atoms with E-state index in [9.17, 15) is 24.6 Å². The van der Waals surface area contributed by atoms with Crippen molar-refractivity contribution < 1.29 is 24.6 Å². The molecule has 1 aliphatic carbocycles. The number of hydrogen-bond acceptors (Lipinski definition) is 5. The first-order valence-electron chi connectivity index (χ1n) is 7.83. The van der Waals surface area contributed by atoms with E-state index in [1.165, 1.54) is 13.0 Å². The molecule has 0 aliphatic heterocycles. The fraction of sp³-hybridized carbons (Fsp3) is 0.389. The summed E-state index contributed by atoms with van der Waals surface area (Å²) in [5, 5.41) is 23.2. The molecule has 2 rings (SSSR count). The molecule has 1 amide bonds. The molecule has 0 aromatic heterocycles. The zero-order valence-electron chi connectivity index (χ0n) is 14.4. The summed E-state index contributed by atoms with van der Waals surface area (Å²) in [5.41, 5.74) is -3.24. The number of carbonyl (C=O) groups excluding carboxylic acids is 2. The molecule has 0 radical (unpaired) electrons. The number of ketones is 1. The van der Waals surface area contributed by atoms with Gasteiger partial charge in [0.2, 0.25) is 5.91 Å². The van der Waals surface area contributed by atoms with E-state index in [1.54, 1.807) is 55.4 Å². The number of nitrogens with one attached hydrogen (secondary N) is 1. The Hall–Kier alpha value is -2.51. The molecule has 1 aliphatic rings. The summed E-state index contributed by atoms with van der Waals surface area (Å²) < 4.78 is 0. The predicted octanol–water partition coefficient (Wildman–Crippen LogP) is 0.655. The van der Waals surface area contributed by atoms with E-state index in [1.807, 2.05) is 0 Å². The van der Waals surface area contributed by atoms with E-state index in [4.69, 9.17) is 0 Å². The van der Waals surface area contributed by atoms with E-state index < -0.39 is 28.9 Å². The lowest BCUT2D eigenvalue weighted by molar-refractivity contribution is -0.167. The zero-order valence-corrected chi connectivity index (χ0v) is 14.4. The number of carboxylic acid groups (broad SMARTS) is 1. The van der Waals surface area contributed by atoms with Gasteiger partial charge in [-0.1, -0.05) is 36.4 Å². The number of aliphatic hydroxyl groups is 1. The van der Waals surface area contributed by atoms with E-state index in [0.717, 1.165) is 0 Å². The molecule has 134 valence electrons. The Kier molecular flexibility index (Phi) is 5.10. The highest BCUT2D eigenvalue weighted by atomic mass is 16.4. The number of hydrogen-bond donors (Lipinski definition) is 3. The van der Waals surface area contributed by atoms with Crippen LogP contribution in [0, 0.1) is 5.92 Å². The lowest BCUT2D eigenvalue weighted by Crippen LogP contribution is -2.65. The van der Waals surface area contributed by atoms with Crippen molar-refractivity contribution >= 4 is 17.7 Å². The Morgan fingerprint density at radius 3 is 2.28 bits per heavy atom. The molecule has 25 heavy (non-hydrogen) atoms. The average molecular weight is 346 g/mol. The van der Waals surface area contributed by atoms with Crippen molar-refractivity contribution in [2.45, 2.75) is 24.6 Å². The van der Waals surface area contributed by atoms with Crippen molar-refractivity contribution in [2.75, 3.05) is 14.1 Å². The Morgan fingerprint density at radius 1 is 1.20 bits per heavy atom. The SMILES string of the molecule is CC(=O)NC1(N(C)C)C=CC(C(=O)c2ccccc2)C(O)(C(=O)O)C1. The van der Waals surface area contributed by atoms with Crippen molar-refractivity contribution in [3.8, 4) is 0 Å². The third-order valence-corrected chi connectivity index (χ3v) is 4.52. The first-order chi connectivity index (χ1) is 11.6. The minimum Gasteiger partial charge on any atom is -0.479 e. The summed E-state index contributed by atoms with van der Waals surface area (Å²) in [5.74, 6) is -3.63. The summed E-state index contributed by atoms with van der Waals surface area (Å²) in [4.78, 5) is 37.8. The van der Waals surface area contributed by atoms with Crippen LogP contribution in [0.25, 0.3) is 0 Å². The quantitative estimate of drug-likeness (QED) is 0.411. The summed E-state index contributed by atoms with van der Waals surface area (Å²) >= 11 is 0. The van der Waals surface area contributed by atoms with Gasteiger partial charge >= 0.3 is 5.97 Å². The zero-order chi connectivity index (χ0) is 18.8. The maximum absolute atomic E-state index is 12.7. The van der Waals surface area contributed by atoms with Crippen molar-refractivity contribution in [3.63, 3.8) is 0 Å². The number of nitrogens with zero attached hydrogens (tertiary/aromatic N) is 1. The summed E-state index contributed by atoms with van der Waals surface area (Å²) in [6, 6.07) is 8.22. The monoisotopic (exact) mass is 346 g/mol. The topological polar surface area (TPSA) is 107 Å². The lowest BCUT2D eigenvalue weighted by atomic mass is 9.71. The fourth-order valence-electron chi connectivity index (χ4n) is 3.10. The number of aliphatic carboxylic acids is 1. The number of carbonyl (C=O) groups is 3. The molecule has 3 N–H and O–H groups in total. The first kappa shape index (κ1) is 18.8. The predicted molar refractivity (Wildman–Crippen MR) is 90.8 cm³/mol. The molecule has 1 aromatic rings. The maximum atomic E-state index is 12.7. The molecule has 3 atom stereocenters. The van der Waals surface area contributed by atoms with Crippen LogP contribution in [-0.2, 0) is 9.59 Å². The van der Waals surface area contributed by atoms with Crippen LogP contribution in [0.4, 0.5) is 0 Å². The third kappa shape index (κ3) is 3.47. The van der Waals surface area contributed by atoms with Gasteiger partial charge in [0.25, 0.3) is 0 Å². The third-order valence-electron chi connectivity index (χ3n) is 4.52. The fourth-order valence-corrected chi connectivity index (χ4v) is 3.10. The van der Waals surface area contributed by atoms with E-state index in [-0.39, 0.29) is 12.3 Å². The van der Waals surface area contributed by atoms with E-state index in [2.05, 4.69) is 5.32 Å². The van der Waals surface area contributed by atoms with Crippen LogP contribution in [0.2, 0.25) is 0 Å². The molecule has 0 bridgehead atoms. The molecule has 7 heteroatoms. The summed E-state index contributed by atoms with van der Waals surface area (Å²) in [7, 11) is 3.31.